The largest absolute Gasteiger partial charge is 0.340 e. The van der Waals surface area contributed by atoms with E-state index in [4.69, 9.17) is 23.2 Å². The average Bonchev–Trinajstić information content (AvgIpc) is 2.55. The van der Waals surface area contributed by atoms with Gasteiger partial charge in [0, 0.05) is 23.6 Å². The molecule has 0 amide bonds. The molecule has 0 saturated heterocycles. The van der Waals surface area contributed by atoms with E-state index in [1.165, 1.54) is 12.3 Å². The van der Waals surface area contributed by atoms with Gasteiger partial charge in [0.25, 0.3) is 0 Å². The van der Waals surface area contributed by atoms with Gasteiger partial charge in [-0.05, 0) is 36.4 Å². The second kappa shape index (κ2) is 6.98. The Hall–Kier alpha value is -2.44. The van der Waals surface area contributed by atoms with Crippen LogP contribution in [0, 0.1) is 11.6 Å². The van der Waals surface area contributed by atoms with Crippen molar-refractivity contribution >= 4 is 46.3 Å². The molecular weight excluding hydrogens is 357 g/mol. The SMILES string of the molecule is Fc1ccc(Nc2nccc(Nc3ccc(Cl)c(Cl)c3)n2)cc1F. The lowest BCUT2D eigenvalue weighted by molar-refractivity contribution is 0.509. The lowest BCUT2D eigenvalue weighted by Crippen LogP contribution is -2.01. The topological polar surface area (TPSA) is 49.8 Å². The number of benzene rings is 2. The third-order valence-corrected chi connectivity index (χ3v) is 3.76. The quantitative estimate of drug-likeness (QED) is 0.635. The molecule has 0 radical (unpaired) electrons. The molecule has 1 aromatic heterocycles. The monoisotopic (exact) mass is 366 g/mol. The van der Waals surface area contributed by atoms with E-state index >= 15 is 0 Å². The van der Waals surface area contributed by atoms with E-state index in [0.717, 1.165) is 12.1 Å². The van der Waals surface area contributed by atoms with Gasteiger partial charge in [-0.1, -0.05) is 23.2 Å². The van der Waals surface area contributed by atoms with Crippen LogP contribution in [0.25, 0.3) is 0 Å². The minimum Gasteiger partial charge on any atom is -0.340 e. The summed E-state index contributed by atoms with van der Waals surface area (Å²) in [5.74, 6) is -1.15. The van der Waals surface area contributed by atoms with Gasteiger partial charge >= 0.3 is 0 Å². The van der Waals surface area contributed by atoms with Gasteiger partial charge in [-0.25, -0.2) is 13.8 Å². The van der Waals surface area contributed by atoms with Crippen LogP contribution in [-0.2, 0) is 0 Å². The van der Waals surface area contributed by atoms with Crippen LogP contribution in [0.2, 0.25) is 10.0 Å². The molecular formula is C16H10Cl2F2N4. The standard InChI is InChI=1S/C16H10Cl2F2N4/c17-11-3-1-9(7-12(11)18)22-15-5-6-21-16(24-15)23-10-2-4-13(19)14(20)8-10/h1-8H,(H2,21,22,23,24). The van der Waals surface area contributed by atoms with Crippen molar-refractivity contribution in [3.05, 3.63) is 70.3 Å². The number of anilines is 4. The molecule has 3 rings (SSSR count). The average molecular weight is 367 g/mol. The van der Waals surface area contributed by atoms with Gasteiger partial charge in [0.2, 0.25) is 5.95 Å². The first-order valence-corrected chi connectivity index (χ1v) is 7.54. The fourth-order valence-corrected chi connectivity index (χ4v) is 2.21. The highest BCUT2D eigenvalue weighted by Crippen LogP contribution is 2.26. The van der Waals surface area contributed by atoms with Crippen molar-refractivity contribution in [1.29, 1.82) is 0 Å². The van der Waals surface area contributed by atoms with Crippen molar-refractivity contribution in [3.63, 3.8) is 0 Å². The summed E-state index contributed by atoms with van der Waals surface area (Å²) in [7, 11) is 0. The number of hydrogen-bond acceptors (Lipinski definition) is 4. The van der Waals surface area contributed by atoms with E-state index < -0.39 is 11.6 Å². The maximum Gasteiger partial charge on any atom is 0.229 e. The summed E-state index contributed by atoms with van der Waals surface area (Å²) in [6, 6.07) is 10.2. The molecule has 0 atom stereocenters. The Morgan fingerprint density at radius 1 is 0.792 bits per heavy atom. The number of hydrogen-bond donors (Lipinski definition) is 2. The minimum atomic E-state index is -0.954. The molecule has 2 aromatic carbocycles. The van der Waals surface area contributed by atoms with Crippen LogP contribution in [0.3, 0.4) is 0 Å². The summed E-state index contributed by atoms with van der Waals surface area (Å²) in [4.78, 5) is 8.28. The number of rotatable bonds is 4. The predicted octanol–water partition coefficient (Wildman–Crippen LogP) is 5.55. The summed E-state index contributed by atoms with van der Waals surface area (Å²) in [5.41, 5.74) is 1.03. The lowest BCUT2D eigenvalue weighted by Gasteiger charge is -2.09. The number of nitrogens with zero attached hydrogens (tertiary/aromatic N) is 2. The van der Waals surface area contributed by atoms with Crippen molar-refractivity contribution < 1.29 is 8.78 Å². The molecule has 1 heterocycles. The van der Waals surface area contributed by atoms with Crippen molar-refractivity contribution in [2.24, 2.45) is 0 Å². The highest BCUT2D eigenvalue weighted by atomic mass is 35.5. The zero-order valence-electron chi connectivity index (χ0n) is 12.0. The van der Waals surface area contributed by atoms with Crippen LogP contribution >= 0.6 is 23.2 Å². The molecule has 0 saturated carbocycles. The fourth-order valence-electron chi connectivity index (χ4n) is 1.91. The van der Waals surface area contributed by atoms with E-state index in [1.54, 1.807) is 24.3 Å². The molecule has 24 heavy (non-hydrogen) atoms. The fraction of sp³-hybridized carbons (Fsp3) is 0. The molecule has 0 bridgehead atoms. The van der Waals surface area contributed by atoms with E-state index in [1.807, 2.05) is 0 Å². The van der Waals surface area contributed by atoms with E-state index in [0.29, 0.717) is 27.2 Å². The Morgan fingerprint density at radius 2 is 1.54 bits per heavy atom. The third kappa shape index (κ3) is 3.90. The Kier molecular flexibility index (Phi) is 4.78. The van der Waals surface area contributed by atoms with Crippen LogP contribution < -0.4 is 10.6 Å². The molecule has 0 unspecified atom stereocenters. The molecule has 0 aliphatic rings. The van der Waals surface area contributed by atoms with Crippen molar-refractivity contribution in [3.8, 4) is 0 Å². The molecule has 0 aliphatic carbocycles. The molecule has 8 heteroatoms. The maximum absolute atomic E-state index is 13.2. The Morgan fingerprint density at radius 3 is 2.29 bits per heavy atom. The van der Waals surface area contributed by atoms with Crippen LogP contribution in [0.5, 0.6) is 0 Å². The zero-order valence-corrected chi connectivity index (χ0v) is 13.5. The van der Waals surface area contributed by atoms with Gasteiger partial charge in [-0.3, -0.25) is 0 Å². The second-order valence-corrected chi connectivity index (χ2v) is 5.59. The first kappa shape index (κ1) is 16.4. The van der Waals surface area contributed by atoms with Gasteiger partial charge in [-0.15, -0.1) is 0 Å². The van der Waals surface area contributed by atoms with Crippen molar-refractivity contribution in [2.45, 2.75) is 0 Å². The Balaban J connectivity index is 1.78. The number of aromatic nitrogens is 2. The van der Waals surface area contributed by atoms with Gasteiger partial charge in [-0.2, -0.15) is 4.98 Å². The van der Waals surface area contributed by atoms with E-state index in [9.17, 15) is 8.78 Å². The summed E-state index contributed by atoms with van der Waals surface area (Å²) < 4.78 is 26.2. The number of nitrogens with one attached hydrogen (secondary N) is 2. The normalized spacial score (nSPS) is 10.5. The highest BCUT2D eigenvalue weighted by molar-refractivity contribution is 6.42. The zero-order chi connectivity index (χ0) is 17.1. The molecule has 3 aromatic rings. The summed E-state index contributed by atoms with van der Waals surface area (Å²) in [6.07, 6.45) is 1.52. The van der Waals surface area contributed by atoms with Crippen LogP contribution in [0.4, 0.5) is 31.9 Å². The molecule has 0 spiro atoms. The molecule has 122 valence electrons. The van der Waals surface area contributed by atoms with Gasteiger partial charge in [0.1, 0.15) is 5.82 Å². The highest BCUT2D eigenvalue weighted by Gasteiger charge is 2.06. The van der Waals surface area contributed by atoms with E-state index in [2.05, 4.69) is 20.6 Å². The van der Waals surface area contributed by atoms with Crippen LogP contribution in [0.1, 0.15) is 0 Å². The summed E-state index contributed by atoms with van der Waals surface area (Å²) in [5, 5.41) is 6.72. The first-order valence-electron chi connectivity index (χ1n) is 6.78. The smallest absolute Gasteiger partial charge is 0.229 e. The first-order chi connectivity index (χ1) is 11.5. The van der Waals surface area contributed by atoms with Gasteiger partial charge in [0.05, 0.1) is 10.0 Å². The minimum absolute atomic E-state index is 0.228. The molecule has 0 fully saturated rings. The van der Waals surface area contributed by atoms with Crippen LogP contribution in [-0.4, -0.2) is 9.97 Å². The predicted molar refractivity (Wildman–Crippen MR) is 91.4 cm³/mol. The van der Waals surface area contributed by atoms with E-state index in [-0.39, 0.29) is 5.95 Å². The Bertz CT molecular complexity index is 821. The summed E-state index contributed by atoms with van der Waals surface area (Å²) in [6.45, 7) is 0. The van der Waals surface area contributed by atoms with Crippen LogP contribution in [0.15, 0.2) is 48.7 Å². The maximum atomic E-state index is 13.2. The van der Waals surface area contributed by atoms with Gasteiger partial charge < -0.3 is 10.6 Å². The van der Waals surface area contributed by atoms with Crippen molar-refractivity contribution in [1.82, 2.24) is 9.97 Å². The second-order valence-electron chi connectivity index (χ2n) is 4.77. The Labute approximate surface area is 146 Å². The lowest BCUT2D eigenvalue weighted by atomic mass is 10.3. The number of halogens is 4. The molecule has 2 N–H and O–H groups in total. The molecule has 0 aliphatic heterocycles. The molecule has 4 nitrogen and oxygen atoms in total. The van der Waals surface area contributed by atoms with Gasteiger partial charge in [0.15, 0.2) is 11.6 Å². The third-order valence-electron chi connectivity index (χ3n) is 3.02. The van der Waals surface area contributed by atoms with Crippen molar-refractivity contribution in [2.75, 3.05) is 10.6 Å². The summed E-state index contributed by atoms with van der Waals surface area (Å²) >= 11 is 11.8.